The molecule has 3 N–H and O–H groups in total. The minimum Gasteiger partial charge on any atom is -0.366 e. The maximum absolute atomic E-state index is 12.4. The highest BCUT2D eigenvalue weighted by atomic mass is 19.4. The average Bonchev–Trinajstić information content (AvgIpc) is 2.52. The van der Waals surface area contributed by atoms with Gasteiger partial charge in [-0.05, 0) is 42.0 Å². The molecule has 2 aromatic carbocycles. The van der Waals surface area contributed by atoms with Gasteiger partial charge in [0.2, 0.25) is 5.91 Å². The molecule has 23 heavy (non-hydrogen) atoms. The van der Waals surface area contributed by atoms with E-state index in [2.05, 4.69) is 5.32 Å². The Labute approximate surface area is 130 Å². The summed E-state index contributed by atoms with van der Waals surface area (Å²) in [6.07, 6.45) is -4.38. The van der Waals surface area contributed by atoms with E-state index in [9.17, 15) is 22.8 Å². The molecular weight excluding hydrogens is 309 g/mol. The highest BCUT2D eigenvalue weighted by molar-refractivity contribution is 5.97. The van der Waals surface area contributed by atoms with Crippen LogP contribution in [0, 0.1) is 0 Å². The molecule has 0 bridgehead atoms. The molecule has 120 valence electrons. The molecule has 7 heteroatoms. The second-order valence-electron chi connectivity index (χ2n) is 4.82. The van der Waals surface area contributed by atoms with Crippen molar-refractivity contribution in [2.24, 2.45) is 5.73 Å². The minimum atomic E-state index is -4.38. The van der Waals surface area contributed by atoms with Crippen molar-refractivity contribution in [2.45, 2.75) is 12.7 Å². The average molecular weight is 322 g/mol. The van der Waals surface area contributed by atoms with Crippen molar-refractivity contribution in [3.8, 4) is 0 Å². The third-order valence-electron chi connectivity index (χ3n) is 3.17. The molecular formula is C16H13F3N2O2. The van der Waals surface area contributed by atoms with Gasteiger partial charge in [-0.2, -0.15) is 13.2 Å². The molecule has 0 radical (unpaired) electrons. The van der Waals surface area contributed by atoms with Crippen molar-refractivity contribution in [2.75, 3.05) is 0 Å². The summed E-state index contributed by atoms with van der Waals surface area (Å²) < 4.78 is 37.3. The lowest BCUT2D eigenvalue weighted by atomic mass is 10.1. The largest absolute Gasteiger partial charge is 0.416 e. The first kappa shape index (κ1) is 16.5. The topological polar surface area (TPSA) is 72.2 Å². The third-order valence-corrected chi connectivity index (χ3v) is 3.17. The Bertz CT molecular complexity index is 708. The number of hydrogen-bond donors (Lipinski definition) is 2. The van der Waals surface area contributed by atoms with Crippen molar-refractivity contribution >= 4 is 11.8 Å². The van der Waals surface area contributed by atoms with Crippen LogP contribution >= 0.6 is 0 Å². The van der Waals surface area contributed by atoms with Crippen LogP contribution in [0.1, 0.15) is 31.8 Å². The van der Waals surface area contributed by atoms with Crippen molar-refractivity contribution in [3.63, 3.8) is 0 Å². The Balaban J connectivity index is 1.97. The van der Waals surface area contributed by atoms with Crippen LogP contribution in [0.25, 0.3) is 0 Å². The van der Waals surface area contributed by atoms with Gasteiger partial charge >= 0.3 is 6.18 Å². The molecule has 0 aliphatic rings. The molecule has 4 nitrogen and oxygen atoms in total. The summed E-state index contributed by atoms with van der Waals surface area (Å²) in [6.45, 7) is 0.0918. The SMILES string of the molecule is NC(=O)c1ccc(C(=O)NCc2ccc(C(F)(F)F)cc2)cc1. The molecule has 2 rings (SSSR count). The summed E-state index contributed by atoms with van der Waals surface area (Å²) >= 11 is 0. The number of benzene rings is 2. The van der Waals surface area contributed by atoms with Crippen LogP contribution < -0.4 is 11.1 Å². The number of nitrogens with one attached hydrogen (secondary N) is 1. The van der Waals surface area contributed by atoms with Crippen LogP contribution in [0.5, 0.6) is 0 Å². The van der Waals surface area contributed by atoms with Crippen molar-refractivity contribution < 1.29 is 22.8 Å². The van der Waals surface area contributed by atoms with E-state index in [4.69, 9.17) is 5.73 Å². The third kappa shape index (κ3) is 4.32. The molecule has 2 aromatic rings. The van der Waals surface area contributed by atoms with E-state index < -0.39 is 23.6 Å². The normalized spacial score (nSPS) is 11.1. The monoisotopic (exact) mass is 322 g/mol. The number of alkyl halides is 3. The van der Waals surface area contributed by atoms with E-state index in [0.29, 0.717) is 11.1 Å². The highest BCUT2D eigenvalue weighted by Gasteiger charge is 2.29. The lowest BCUT2D eigenvalue weighted by molar-refractivity contribution is -0.137. The van der Waals surface area contributed by atoms with Gasteiger partial charge in [-0.3, -0.25) is 9.59 Å². The van der Waals surface area contributed by atoms with Crippen molar-refractivity contribution in [3.05, 3.63) is 70.8 Å². The molecule has 0 fully saturated rings. The van der Waals surface area contributed by atoms with Gasteiger partial charge in [-0.15, -0.1) is 0 Å². The second-order valence-corrected chi connectivity index (χ2v) is 4.82. The number of rotatable bonds is 4. The Morgan fingerprint density at radius 3 is 1.91 bits per heavy atom. The standard InChI is InChI=1S/C16H13F3N2O2/c17-16(18,19)13-7-1-10(2-8-13)9-21-15(23)12-5-3-11(4-6-12)14(20)22/h1-8H,9H2,(H2,20,22)(H,21,23). The zero-order chi connectivity index (χ0) is 17.0. The van der Waals surface area contributed by atoms with E-state index in [1.807, 2.05) is 0 Å². The predicted octanol–water partition coefficient (Wildman–Crippen LogP) is 2.73. The fourth-order valence-electron chi connectivity index (χ4n) is 1.88. The molecule has 0 saturated carbocycles. The van der Waals surface area contributed by atoms with Gasteiger partial charge in [0.1, 0.15) is 0 Å². The number of carbonyl (C=O) groups is 2. The summed E-state index contributed by atoms with van der Waals surface area (Å²) in [6, 6.07) is 10.3. The maximum Gasteiger partial charge on any atom is 0.416 e. The summed E-state index contributed by atoms with van der Waals surface area (Å²) in [7, 11) is 0. The van der Waals surface area contributed by atoms with Crippen LogP contribution in [0.15, 0.2) is 48.5 Å². The van der Waals surface area contributed by atoms with Crippen LogP contribution in [0.2, 0.25) is 0 Å². The first-order valence-electron chi connectivity index (χ1n) is 6.61. The first-order valence-corrected chi connectivity index (χ1v) is 6.61. The molecule has 0 saturated heterocycles. The lowest BCUT2D eigenvalue weighted by Gasteiger charge is -2.09. The zero-order valence-electron chi connectivity index (χ0n) is 11.9. The van der Waals surface area contributed by atoms with E-state index >= 15 is 0 Å². The summed E-state index contributed by atoms with van der Waals surface area (Å²) in [5.74, 6) is -0.998. The molecule has 0 aliphatic heterocycles. The van der Waals surface area contributed by atoms with Crippen LogP contribution in [0.3, 0.4) is 0 Å². The molecule has 0 heterocycles. The fraction of sp³-hybridized carbons (Fsp3) is 0.125. The van der Waals surface area contributed by atoms with Crippen LogP contribution in [0.4, 0.5) is 13.2 Å². The molecule has 0 unspecified atom stereocenters. The van der Waals surface area contributed by atoms with Crippen LogP contribution in [-0.2, 0) is 12.7 Å². The highest BCUT2D eigenvalue weighted by Crippen LogP contribution is 2.29. The predicted molar refractivity (Wildman–Crippen MR) is 77.6 cm³/mol. The van der Waals surface area contributed by atoms with E-state index in [0.717, 1.165) is 12.1 Å². The maximum atomic E-state index is 12.4. The summed E-state index contributed by atoms with van der Waals surface area (Å²) in [4.78, 5) is 22.9. The van der Waals surface area contributed by atoms with Gasteiger partial charge in [0.25, 0.3) is 5.91 Å². The lowest BCUT2D eigenvalue weighted by Crippen LogP contribution is -2.23. The van der Waals surface area contributed by atoms with E-state index in [1.54, 1.807) is 0 Å². The number of amides is 2. The van der Waals surface area contributed by atoms with Gasteiger partial charge in [0.15, 0.2) is 0 Å². The first-order chi connectivity index (χ1) is 10.8. The Hall–Kier alpha value is -2.83. The van der Waals surface area contributed by atoms with Gasteiger partial charge < -0.3 is 11.1 Å². The fourth-order valence-corrected chi connectivity index (χ4v) is 1.88. The number of halogens is 3. The number of carbonyl (C=O) groups excluding carboxylic acids is 2. The van der Waals surface area contributed by atoms with Gasteiger partial charge in [0, 0.05) is 17.7 Å². The summed E-state index contributed by atoms with van der Waals surface area (Å²) in [5, 5.41) is 2.59. The van der Waals surface area contributed by atoms with Gasteiger partial charge in [0.05, 0.1) is 5.56 Å². The Morgan fingerprint density at radius 2 is 1.43 bits per heavy atom. The Morgan fingerprint density at radius 1 is 0.913 bits per heavy atom. The molecule has 0 spiro atoms. The quantitative estimate of drug-likeness (QED) is 0.908. The molecule has 2 amide bonds. The zero-order valence-corrected chi connectivity index (χ0v) is 11.9. The Kier molecular flexibility index (Phi) is 4.68. The van der Waals surface area contributed by atoms with Gasteiger partial charge in [-0.25, -0.2) is 0 Å². The molecule has 0 aromatic heterocycles. The minimum absolute atomic E-state index is 0.0918. The van der Waals surface area contributed by atoms with Gasteiger partial charge in [-0.1, -0.05) is 12.1 Å². The molecule has 0 aliphatic carbocycles. The van der Waals surface area contributed by atoms with E-state index in [-0.39, 0.29) is 12.1 Å². The number of hydrogen-bond acceptors (Lipinski definition) is 2. The van der Waals surface area contributed by atoms with Crippen molar-refractivity contribution in [1.82, 2.24) is 5.32 Å². The summed E-state index contributed by atoms with van der Waals surface area (Å²) in [5.41, 5.74) is 5.50. The number of primary amides is 1. The van der Waals surface area contributed by atoms with E-state index in [1.165, 1.54) is 36.4 Å². The molecule has 0 atom stereocenters. The smallest absolute Gasteiger partial charge is 0.366 e. The van der Waals surface area contributed by atoms with Crippen molar-refractivity contribution in [1.29, 1.82) is 0 Å². The number of nitrogens with two attached hydrogens (primary N) is 1. The second kappa shape index (κ2) is 6.51. The van der Waals surface area contributed by atoms with Crippen LogP contribution in [-0.4, -0.2) is 11.8 Å².